The van der Waals surface area contributed by atoms with Gasteiger partial charge in [-0.1, -0.05) is 19.7 Å². The summed E-state index contributed by atoms with van der Waals surface area (Å²) in [5.74, 6) is -2.19. The Hall–Kier alpha value is -1.50. The van der Waals surface area contributed by atoms with Crippen molar-refractivity contribution in [2.45, 2.75) is 0 Å². The maximum absolute atomic E-state index is 10.5. The van der Waals surface area contributed by atoms with Gasteiger partial charge in [0, 0.05) is 0 Å². The zero-order chi connectivity index (χ0) is 19.8. The molecule has 0 atom stereocenters. The quantitative estimate of drug-likeness (QED) is 0.171. The Bertz CT molecular complexity index is 549. The van der Waals surface area contributed by atoms with Crippen LogP contribution in [-0.4, -0.2) is 62.2 Å². The molecule has 0 aliphatic heterocycles. The SMILES string of the molecule is C=CC(=O)NCN(C)C.C=CC(=O)NCS(=O)(=O)[O-].C=CC(N)=O.[Na+]. The van der Waals surface area contributed by atoms with Crippen LogP contribution in [0.2, 0.25) is 0 Å². The van der Waals surface area contributed by atoms with Gasteiger partial charge >= 0.3 is 29.6 Å². The Morgan fingerprint density at radius 2 is 1.40 bits per heavy atom. The molecule has 25 heavy (non-hydrogen) atoms. The maximum atomic E-state index is 10.5. The van der Waals surface area contributed by atoms with Crippen molar-refractivity contribution in [3.8, 4) is 0 Å². The fourth-order valence-corrected chi connectivity index (χ4v) is 0.859. The van der Waals surface area contributed by atoms with Crippen molar-refractivity contribution < 1.29 is 56.9 Å². The average Bonchev–Trinajstić information content (AvgIpc) is 2.50. The van der Waals surface area contributed by atoms with Crippen LogP contribution in [0.1, 0.15) is 0 Å². The van der Waals surface area contributed by atoms with Gasteiger partial charge < -0.3 is 20.9 Å². The van der Waals surface area contributed by atoms with Gasteiger partial charge in [-0.2, -0.15) is 0 Å². The first-order chi connectivity index (χ1) is 10.9. The topological polar surface area (TPSA) is 162 Å². The molecule has 0 heterocycles. The molecule has 0 aromatic carbocycles. The molecular weight excluding hydrogens is 363 g/mol. The number of primary amides is 1. The van der Waals surface area contributed by atoms with Crippen LogP contribution in [0.25, 0.3) is 0 Å². The molecule has 12 heteroatoms. The van der Waals surface area contributed by atoms with Gasteiger partial charge in [0.1, 0.15) is 16.0 Å². The summed E-state index contributed by atoms with van der Waals surface area (Å²) in [6, 6.07) is 0. The maximum Gasteiger partial charge on any atom is 1.00 e. The van der Waals surface area contributed by atoms with Gasteiger partial charge in [-0.15, -0.1) is 0 Å². The Morgan fingerprint density at radius 1 is 1.04 bits per heavy atom. The Balaban J connectivity index is -0.000000136. The molecular formula is C13H23N4NaO6S. The summed E-state index contributed by atoms with van der Waals surface area (Å²) >= 11 is 0. The largest absolute Gasteiger partial charge is 1.00 e. The molecule has 0 aromatic heterocycles. The first-order valence-corrected chi connectivity index (χ1v) is 7.78. The third-order valence-corrected chi connectivity index (χ3v) is 2.06. The van der Waals surface area contributed by atoms with E-state index in [2.05, 4.69) is 30.8 Å². The molecule has 0 fully saturated rings. The molecule has 0 bridgehead atoms. The first kappa shape index (κ1) is 31.3. The molecule has 0 aliphatic rings. The van der Waals surface area contributed by atoms with Crippen molar-refractivity contribution in [2.75, 3.05) is 26.6 Å². The molecule has 138 valence electrons. The van der Waals surface area contributed by atoms with E-state index < -0.39 is 27.8 Å². The molecule has 0 saturated heterocycles. The van der Waals surface area contributed by atoms with Gasteiger partial charge in [-0.3, -0.25) is 19.3 Å². The van der Waals surface area contributed by atoms with E-state index in [0.29, 0.717) is 6.67 Å². The summed E-state index contributed by atoms with van der Waals surface area (Å²) < 4.78 is 29.5. The van der Waals surface area contributed by atoms with E-state index in [1.165, 1.54) is 6.08 Å². The fraction of sp³-hybridized carbons (Fsp3) is 0.308. The second-order valence-electron chi connectivity index (χ2n) is 4.04. The van der Waals surface area contributed by atoms with E-state index in [4.69, 9.17) is 0 Å². The number of amides is 3. The van der Waals surface area contributed by atoms with Crippen molar-refractivity contribution in [1.82, 2.24) is 15.5 Å². The van der Waals surface area contributed by atoms with Crippen LogP contribution in [0, 0.1) is 0 Å². The summed E-state index contributed by atoms with van der Waals surface area (Å²) in [5.41, 5.74) is 4.53. The molecule has 0 aromatic rings. The zero-order valence-corrected chi connectivity index (χ0v) is 17.5. The van der Waals surface area contributed by atoms with Crippen LogP contribution in [0.3, 0.4) is 0 Å². The summed E-state index contributed by atoms with van der Waals surface area (Å²) in [5, 5.41) is 4.42. The monoisotopic (exact) mass is 386 g/mol. The smallest absolute Gasteiger partial charge is 0.747 e. The van der Waals surface area contributed by atoms with Crippen molar-refractivity contribution >= 4 is 27.8 Å². The second kappa shape index (κ2) is 18.8. The Labute approximate surface area is 170 Å². The van der Waals surface area contributed by atoms with Crippen molar-refractivity contribution in [2.24, 2.45) is 5.73 Å². The predicted molar refractivity (Wildman–Crippen MR) is 89.2 cm³/mol. The number of rotatable bonds is 7. The third-order valence-electron chi connectivity index (χ3n) is 1.56. The van der Waals surface area contributed by atoms with E-state index in [1.807, 2.05) is 24.3 Å². The van der Waals surface area contributed by atoms with Crippen LogP contribution in [0.4, 0.5) is 0 Å². The van der Waals surface area contributed by atoms with Crippen LogP contribution in [-0.2, 0) is 24.5 Å². The van der Waals surface area contributed by atoms with Gasteiger partial charge in [0.25, 0.3) is 0 Å². The molecule has 4 N–H and O–H groups in total. The summed E-state index contributed by atoms with van der Waals surface area (Å²) in [6.07, 6.45) is 3.19. The molecule has 0 radical (unpaired) electrons. The van der Waals surface area contributed by atoms with E-state index in [-0.39, 0.29) is 35.5 Å². The number of carbonyl (C=O) groups is 3. The average molecular weight is 386 g/mol. The van der Waals surface area contributed by atoms with E-state index in [0.717, 1.165) is 12.2 Å². The van der Waals surface area contributed by atoms with Gasteiger partial charge in [-0.25, -0.2) is 8.42 Å². The molecule has 10 nitrogen and oxygen atoms in total. The molecule has 0 rings (SSSR count). The minimum absolute atomic E-state index is 0. The summed E-state index contributed by atoms with van der Waals surface area (Å²) in [7, 11) is -0.602. The molecule has 3 amide bonds. The summed E-state index contributed by atoms with van der Waals surface area (Å²) in [6.45, 7) is 10.0. The second-order valence-corrected chi connectivity index (χ2v) is 5.44. The summed E-state index contributed by atoms with van der Waals surface area (Å²) in [4.78, 5) is 32.0. The normalized spacial score (nSPS) is 8.80. The zero-order valence-electron chi connectivity index (χ0n) is 14.6. The number of carbonyl (C=O) groups excluding carboxylic acids is 3. The fourth-order valence-electron chi connectivity index (χ4n) is 0.540. The van der Waals surface area contributed by atoms with Gasteiger partial charge in [-0.05, 0) is 32.3 Å². The van der Waals surface area contributed by atoms with Gasteiger partial charge in [0.15, 0.2) is 0 Å². The van der Waals surface area contributed by atoms with Crippen LogP contribution >= 0.6 is 0 Å². The van der Waals surface area contributed by atoms with Gasteiger partial charge in [0.2, 0.25) is 17.7 Å². The first-order valence-electron chi connectivity index (χ1n) is 6.20. The van der Waals surface area contributed by atoms with Crippen molar-refractivity contribution in [3.63, 3.8) is 0 Å². The van der Waals surface area contributed by atoms with E-state index in [1.54, 1.807) is 0 Å². The van der Waals surface area contributed by atoms with Gasteiger partial charge in [0.05, 0.1) is 6.67 Å². The number of hydrogen-bond acceptors (Lipinski definition) is 7. The van der Waals surface area contributed by atoms with Crippen molar-refractivity contribution in [1.29, 1.82) is 0 Å². The number of nitrogens with two attached hydrogens (primary N) is 1. The van der Waals surface area contributed by atoms with Crippen LogP contribution in [0.15, 0.2) is 38.0 Å². The molecule has 0 spiro atoms. The Morgan fingerprint density at radius 3 is 1.64 bits per heavy atom. The molecule has 0 saturated carbocycles. The van der Waals surface area contributed by atoms with Crippen molar-refractivity contribution in [3.05, 3.63) is 38.0 Å². The van der Waals surface area contributed by atoms with E-state index in [9.17, 15) is 27.4 Å². The van der Waals surface area contributed by atoms with E-state index >= 15 is 0 Å². The predicted octanol–water partition coefficient (Wildman–Crippen LogP) is -4.74. The third kappa shape index (κ3) is 39.4. The standard InChI is InChI=1S/C6H12N2O.C4H7NO4S.C3H5NO.Na/c1-4-6(9)7-5-8(2)3;1-2-4(6)5-3-10(7,8)9;1-2-3(4)5;/h4H,1,5H2,2-3H3,(H,7,9);2H,1,3H2,(H,5,6)(H,7,8,9);2H,1H2,(H2,4,5);/q;;;+1/p-1. The molecule has 0 aliphatic carbocycles. The number of hydrogen-bond donors (Lipinski definition) is 3. The number of nitrogens with zero attached hydrogens (tertiary/aromatic N) is 1. The minimum Gasteiger partial charge on any atom is -0.747 e. The van der Waals surface area contributed by atoms with Crippen LogP contribution in [0.5, 0.6) is 0 Å². The number of nitrogens with one attached hydrogen (secondary N) is 2. The van der Waals surface area contributed by atoms with Crippen LogP contribution < -0.4 is 45.9 Å². The minimum atomic E-state index is -4.36. The Kier molecular flexibility index (Phi) is 23.6. The molecule has 0 unspecified atom stereocenters.